The fourth-order valence-corrected chi connectivity index (χ4v) is 1.97. The third kappa shape index (κ3) is 2.59. The van der Waals surface area contributed by atoms with Gasteiger partial charge >= 0.3 is 0 Å². The molecular formula is C16H17NO. The molecule has 0 bridgehead atoms. The first-order valence-corrected chi connectivity index (χ1v) is 6.02. The van der Waals surface area contributed by atoms with E-state index >= 15 is 0 Å². The van der Waals surface area contributed by atoms with Crippen molar-refractivity contribution in [1.29, 1.82) is 0 Å². The summed E-state index contributed by atoms with van der Waals surface area (Å²) >= 11 is 0. The zero-order valence-electron chi connectivity index (χ0n) is 10.7. The van der Waals surface area contributed by atoms with Crippen LogP contribution in [0.15, 0.2) is 42.5 Å². The maximum atomic E-state index is 12.2. The van der Waals surface area contributed by atoms with Crippen molar-refractivity contribution < 1.29 is 4.79 Å². The van der Waals surface area contributed by atoms with Gasteiger partial charge in [0.25, 0.3) is 0 Å². The van der Waals surface area contributed by atoms with E-state index in [1.54, 1.807) is 0 Å². The van der Waals surface area contributed by atoms with Gasteiger partial charge in [-0.2, -0.15) is 0 Å². The minimum Gasteiger partial charge on any atom is -0.399 e. The largest absolute Gasteiger partial charge is 0.399 e. The van der Waals surface area contributed by atoms with Crippen LogP contribution < -0.4 is 5.73 Å². The van der Waals surface area contributed by atoms with E-state index in [0.29, 0.717) is 6.42 Å². The standard InChI is InChI=1S/C16H17NO/c1-11-4-3-5-15(12(11)2)16(18)10-13-6-8-14(17)9-7-13/h3-9H,10,17H2,1-2H3. The number of Topliss-reactive ketones (excluding diaryl/α,β-unsaturated/α-hetero) is 1. The second kappa shape index (κ2) is 5.05. The zero-order valence-corrected chi connectivity index (χ0v) is 10.7. The summed E-state index contributed by atoms with van der Waals surface area (Å²) < 4.78 is 0. The lowest BCUT2D eigenvalue weighted by Gasteiger charge is -2.07. The average molecular weight is 239 g/mol. The van der Waals surface area contributed by atoms with Crippen molar-refractivity contribution >= 4 is 11.5 Å². The predicted octanol–water partition coefficient (Wildman–Crippen LogP) is 3.31. The summed E-state index contributed by atoms with van der Waals surface area (Å²) in [5, 5.41) is 0. The molecule has 0 fully saturated rings. The van der Waals surface area contributed by atoms with Crippen LogP contribution in [0.3, 0.4) is 0 Å². The zero-order chi connectivity index (χ0) is 13.1. The minimum absolute atomic E-state index is 0.154. The number of hydrogen-bond donors (Lipinski definition) is 1. The lowest BCUT2D eigenvalue weighted by molar-refractivity contribution is 0.0992. The highest BCUT2D eigenvalue weighted by molar-refractivity contribution is 5.99. The van der Waals surface area contributed by atoms with Crippen molar-refractivity contribution in [1.82, 2.24) is 0 Å². The van der Waals surface area contributed by atoms with Crippen LogP contribution in [0.5, 0.6) is 0 Å². The lowest BCUT2D eigenvalue weighted by Crippen LogP contribution is -2.06. The molecular weight excluding hydrogens is 222 g/mol. The van der Waals surface area contributed by atoms with E-state index in [2.05, 4.69) is 0 Å². The molecule has 0 aliphatic heterocycles. The van der Waals surface area contributed by atoms with Crippen molar-refractivity contribution in [2.75, 3.05) is 5.73 Å². The minimum atomic E-state index is 0.154. The predicted molar refractivity (Wildman–Crippen MR) is 74.8 cm³/mol. The summed E-state index contributed by atoms with van der Waals surface area (Å²) in [6.07, 6.45) is 0.421. The number of benzene rings is 2. The van der Waals surface area contributed by atoms with Crippen LogP contribution in [-0.2, 0) is 6.42 Å². The van der Waals surface area contributed by atoms with E-state index in [4.69, 9.17) is 5.73 Å². The molecule has 2 N–H and O–H groups in total. The van der Waals surface area contributed by atoms with Gasteiger partial charge in [-0.1, -0.05) is 30.3 Å². The van der Waals surface area contributed by atoms with E-state index < -0.39 is 0 Å². The molecule has 2 nitrogen and oxygen atoms in total. The number of nitrogens with two attached hydrogens (primary N) is 1. The Morgan fingerprint density at radius 1 is 1.06 bits per heavy atom. The maximum Gasteiger partial charge on any atom is 0.167 e. The number of hydrogen-bond acceptors (Lipinski definition) is 2. The van der Waals surface area contributed by atoms with Crippen molar-refractivity contribution in [3.8, 4) is 0 Å². The average Bonchev–Trinajstić information content (AvgIpc) is 2.35. The maximum absolute atomic E-state index is 12.2. The number of anilines is 1. The molecule has 2 aromatic rings. The smallest absolute Gasteiger partial charge is 0.167 e. The molecule has 0 unspecified atom stereocenters. The molecule has 0 aromatic heterocycles. The molecule has 2 aromatic carbocycles. The second-order valence-corrected chi connectivity index (χ2v) is 4.59. The van der Waals surface area contributed by atoms with Gasteiger partial charge in [-0.15, -0.1) is 0 Å². The molecule has 0 aliphatic carbocycles. The molecule has 0 heterocycles. The van der Waals surface area contributed by atoms with Crippen molar-refractivity contribution in [2.45, 2.75) is 20.3 Å². The Labute approximate surface area is 107 Å². The number of carbonyl (C=O) groups is 1. The van der Waals surface area contributed by atoms with Gasteiger partial charge in [0.2, 0.25) is 0 Å². The van der Waals surface area contributed by atoms with E-state index in [9.17, 15) is 4.79 Å². The number of carbonyl (C=O) groups excluding carboxylic acids is 1. The van der Waals surface area contributed by atoms with Gasteiger partial charge in [-0.25, -0.2) is 0 Å². The molecule has 0 atom stereocenters. The van der Waals surface area contributed by atoms with E-state index in [0.717, 1.165) is 27.9 Å². The number of rotatable bonds is 3. The molecule has 0 saturated heterocycles. The molecule has 0 saturated carbocycles. The normalized spacial score (nSPS) is 10.3. The molecule has 0 radical (unpaired) electrons. The molecule has 2 rings (SSSR count). The van der Waals surface area contributed by atoms with Crippen LogP contribution in [0.1, 0.15) is 27.0 Å². The summed E-state index contributed by atoms with van der Waals surface area (Å²) in [6.45, 7) is 4.01. The van der Waals surface area contributed by atoms with Crippen molar-refractivity contribution in [3.63, 3.8) is 0 Å². The molecule has 92 valence electrons. The van der Waals surface area contributed by atoms with Gasteiger partial charge in [-0.3, -0.25) is 4.79 Å². The number of nitrogen functional groups attached to an aromatic ring is 1. The highest BCUT2D eigenvalue weighted by Gasteiger charge is 2.10. The van der Waals surface area contributed by atoms with Crippen LogP contribution in [0.2, 0.25) is 0 Å². The quantitative estimate of drug-likeness (QED) is 0.659. The highest BCUT2D eigenvalue weighted by Crippen LogP contribution is 2.16. The first-order valence-electron chi connectivity index (χ1n) is 6.02. The van der Waals surface area contributed by atoms with E-state index in [1.165, 1.54) is 0 Å². The molecule has 18 heavy (non-hydrogen) atoms. The number of ketones is 1. The first-order chi connectivity index (χ1) is 8.58. The Morgan fingerprint density at radius 3 is 2.39 bits per heavy atom. The molecule has 2 heteroatoms. The Balaban J connectivity index is 2.22. The molecule has 0 amide bonds. The van der Waals surface area contributed by atoms with Gasteiger partial charge in [0.1, 0.15) is 0 Å². The van der Waals surface area contributed by atoms with Crippen LogP contribution in [-0.4, -0.2) is 5.78 Å². The Hall–Kier alpha value is -2.09. The third-order valence-corrected chi connectivity index (χ3v) is 3.25. The summed E-state index contributed by atoms with van der Waals surface area (Å²) in [4.78, 5) is 12.2. The fraction of sp³-hybridized carbons (Fsp3) is 0.188. The van der Waals surface area contributed by atoms with Crippen LogP contribution in [0.25, 0.3) is 0 Å². The van der Waals surface area contributed by atoms with Crippen molar-refractivity contribution in [2.24, 2.45) is 0 Å². The van der Waals surface area contributed by atoms with Gasteiger partial charge in [0, 0.05) is 17.7 Å². The van der Waals surface area contributed by atoms with Gasteiger partial charge < -0.3 is 5.73 Å². The lowest BCUT2D eigenvalue weighted by atomic mass is 9.96. The second-order valence-electron chi connectivity index (χ2n) is 4.59. The number of aryl methyl sites for hydroxylation is 1. The topological polar surface area (TPSA) is 43.1 Å². The summed E-state index contributed by atoms with van der Waals surface area (Å²) in [6, 6.07) is 13.3. The first kappa shape index (κ1) is 12.4. The van der Waals surface area contributed by atoms with E-state index in [-0.39, 0.29) is 5.78 Å². The van der Waals surface area contributed by atoms with Gasteiger partial charge in [-0.05, 0) is 42.7 Å². The SMILES string of the molecule is Cc1cccc(C(=O)Cc2ccc(N)cc2)c1C. The van der Waals surface area contributed by atoms with Crippen LogP contribution >= 0.6 is 0 Å². The monoisotopic (exact) mass is 239 g/mol. The summed E-state index contributed by atoms with van der Waals surface area (Å²) in [5.41, 5.74) is 10.4. The van der Waals surface area contributed by atoms with Gasteiger partial charge in [0.15, 0.2) is 5.78 Å². The highest BCUT2D eigenvalue weighted by atomic mass is 16.1. The Bertz CT molecular complexity index is 570. The van der Waals surface area contributed by atoms with Crippen molar-refractivity contribution in [3.05, 3.63) is 64.7 Å². The van der Waals surface area contributed by atoms with Crippen LogP contribution in [0.4, 0.5) is 5.69 Å². The molecule has 0 aliphatic rings. The van der Waals surface area contributed by atoms with Gasteiger partial charge in [0.05, 0.1) is 0 Å². The Morgan fingerprint density at radius 2 is 1.72 bits per heavy atom. The fourth-order valence-electron chi connectivity index (χ4n) is 1.97. The van der Waals surface area contributed by atoms with E-state index in [1.807, 2.05) is 56.3 Å². The molecule has 0 spiro atoms. The summed E-state index contributed by atoms with van der Waals surface area (Å²) in [5.74, 6) is 0.154. The third-order valence-electron chi connectivity index (χ3n) is 3.25. The summed E-state index contributed by atoms with van der Waals surface area (Å²) in [7, 11) is 0. The Kier molecular flexibility index (Phi) is 3.47. The van der Waals surface area contributed by atoms with Crippen LogP contribution in [0, 0.1) is 13.8 Å².